The molecule has 0 aliphatic heterocycles. The summed E-state index contributed by atoms with van der Waals surface area (Å²) in [5, 5.41) is 0. The molecule has 3 unspecified atom stereocenters. The Morgan fingerprint density at radius 3 is 2.17 bits per heavy atom. The van der Waals surface area contributed by atoms with Crippen molar-refractivity contribution in [1.29, 1.82) is 0 Å². The van der Waals surface area contributed by atoms with Gasteiger partial charge in [0.25, 0.3) is 0 Å². The minimum atomic E-state index is 0.954. The van der Waals surface area contributed by atoms with E-state index in [9.17, 15) is 0 Å². The van der Waals surface area contributed by atoms with Crippen LogP contribution >= 0.6 is 0 Å². The van der Waals surface area contributed by atoms with E-state index in [1.807, 2.05) is 0 Å². The maximum atomic E-state index is 2.42. The lowest BCUT2D eigenvalue weighted by Gasteiger charge is -2.29. The third-order valence-corrected chi connectivity index (χ3v) is 3.76. The Morgan fingerprint density at radius 2 is 1.75 bits per heavy atom. The quantitative estimate of drug-likeness (QED) is 0.569. The zero-order chi connectivity index (χ0) is 9.35. The molecule has 0 aromatic rings. The first-order valence-electron chi connectivity index (χ1n) is 5.37. The lowest BCUT2D eigenvalue weighted by Crippen LogP contribution is -2.43. The molecular formula is C11H24N+. The molecule has 1 nitrogen and oxygen atoms in total. The maximum Gasteiger partial charge on any atom is 0.0950 e. The molecule has 0 aromatic heterocycles. The molecule has 0 radical (unpaired) electrons. The van der Waals surface area contributed by atoms with Crippen molar-refractivity contribution < 1.29 is 4.48 Å². The van der Waals surface area contributed by atoms with E-state index >= 15 is 0 Å². The molecule has 0 bridgehead atoms. The molecule has 0 saturated heterocycles. The Labute approximate surface area is 77.4 Å². The second-order valence-electron chi connectivity index (χ2n) is 4.90. The summed E-state index contributed by atoms with van der Waals surface area (Å²) in [6.07, 6.45) is 2.79. The van der Waals surface area contributed by atoms with E-state index in [1.165, 1.54) is 23.9 Å². The van der Waals surface area contributed by atoms with Gasteiger partial charge in [-0.1, -0.05) is 20.3 Å². The first kappa shape index (κ1) is 10.0. The van der Waals surface area contributed by atoms with Gasteiger partial charge in [0, 0.05) is 11.8 Å². The first-order chi connectivity index (χ1) is 5.54. The van der Waals surface area contributed by atoms with Crippen molar-refractivity contribution in [3.63, 3.8) is 0 Å². The van der Waals surface area contributed by atoms with Gasteiger partial charge in [-0.3, -0.25) is 0 Å². The molecule has 72 valence electrons. The molecule has 1 aliphatic rings. The number of hydrogen-bond donors (Lipinski definition) is 0. The fourth-order valence-electron chi connectivity index (χ4n) is 2.66. The minimum Gasteiger partial charge on any atom is -0.326 e. The van der Waals surface area contributed by atoms with Crippen LogP contribution in [0.2, 0.25) is 0 Å². The molecule has 3 atom stereocenters. The largest absolute Gasteiger partial charge is 0.326 e. The summed E-state index contributed by atoms with van der Waals surface area (Å²) in [6, 6.07) is 0.954. The van der Waals surface area contributed by atoms with Crippen LogP contribution in [0.5, 0.6) is 0 Å². The maximum absolute atomic E-state index is 2.42. The van der Waals surface area contributed by atoms with Crippen LogP contribution in [0.1, 0.15) is 33.6 Å². The summed E-state index contributed by atoms with van der Waals surface area (Å²) >= 11 is 0. The molecule has 0 N–H and O–H groups in total. The van der Waals surface area contributed by atoms with Gasteiger partial charge in [0.15, 0.2) is 0 Å². The third-order valence-electron chi connectivity index (χ3n) is 3.76. The van der Waals surface area contributed by atoms with Crippen molar-refractivity contribution in [2.45, 2.75) is 39.7 Å². The summed E-state index contributed by atoms with van der Waals surface area (Å²) in [7, 11) is 4.74. The van der Waals surface area contributed by atoms with Crippen LogP contribution in [0.4, 0.5) is 0 Å². The van der Waals surface area contributed by atoms with Crippen LogP contribution in [-0.2, 0) is 0 Å². The van der Waals surface area contributed by atoms with E-state index in [4.69, 9.17) is 0 Å². The van der Waals surface area contributed by atoms with Crippen molar-refractivity contribution in [3.05, 3.63) is 0 Å². The van der Waals surface area contributed by atoms with Crippen molar-refractivity contribution in [1.82, 2.24) is 0 Å². The van der Waals surface area contributed by atoms with Gasteiger partial charge < -0.3 is 4.48 Å². The number of hydrogen-bond acceptors (Lipinski definition) is 0. The summed E-state index contributed by atoms with van der Waals surface area (Å²) < 4.78 is 1.23. The zero-order valence-corrected chi connectivity index (χ0v) is 9.30. The Balaban J connectivity index is 2.46. The van der Waals surface area contributed by atoms with Gasteiger partial charge in [0.05, 0.1) is 26.7 Å². The normalized spacial score (nSPS) is 35.2. The number of rotatable bonds is 4. The number of quaternary nitrogens is 1. The highest BCUT2D eigenvalue weighted by Crippen LogP contribution is 2.47. The van der Waals surface area contributed by atoms with Crippen LogP contribution in [0.15, 0.2) is 0 Å². The average Bonchev–Trinajstić information content (AvgIpc) is 2.63. The van der Waals surface area contributed by atoms with E-state index in [1.54, 1.807) is 0 Å². The third kappa shape index (κ3) is 1.66. The molecule has 1 rings (SSSR count). The van der Waals surface area contributed by atoms with Crippen LogP contribution in [-0.4, -0.2) is 31.2 Å². The monoisotopic (exact) mass is 170 g/mol. The van der Waals surface area contributed by atoms with E-state index in [2.05, 4.69) is 34.9 Å². The van der Waals surface area contributed by atoms with E-state index in [0.29, 0.717) is 0 Å². The van der Waals surface area contributed by atoms with Crippen LogP contribution in [0.3, 0.4) is 0 Å². The molecule has 1 fully saturated rings. The fourth-order valence-corrected chi connectivity index (χ4v) is 2.66. The molecular weight excluding hydrogens is 146 g/mol. The SMILES string of the molecule is CCCC1C(C)C1[N+](C)(C)CC. The van der Waals surface area contributed by atoms with Crippen molar-refractivity contribution in [2.75, 3.05) is 20.6 Å². The topological polar surface area (TPSA) is 0 Å². The molecule has 1 aliphatic carbocycles. The molecule has 0 heterocycles. The molecule has 0 spiro atoms. The summed E-state index contributed by atoms with van der Waals surface area (Å²) in [6.45, 7) is 8.29. The smallest absolute Gasteiger partial charge is 0.0950 e. The molecule has 12 heavy (non-hydrogen) atoms. The Kier molecular flexibility index (Phi) is 2.82. The van der Waals surface area contributed by atoms with Gasteiger partial charge in [0.2, 0.25) is 0 Å². The standard InChI is InChI=1S/C11H24N/c1-6-8-10-9(3)11(10)12(4,5)7-2/h9-11H,6-8H2,1-5H3/q+1. The highest BCUT2D eigenvalue weighted by atomic mass is 15.4. The van der Waals surface area contributed by atoms with Gasteiger partial charge in [-0.05, 0) is 13.3 Å². The van der Waals surface area contributed by atoms with E-state index < -0.39 is 0 Å². The second kappa shape index (κ2) is 3.37. The predicted octanol–water partition coefficient (Wildman–Crippen LogP) is 2.52. The van der Waals surface area contributed by atoms with E-state index in [0.717, 1.165) is 17.9 Å². The van der Waals surface area contributed by atoms with Crippen molar-refractivity contribution >= 4 is 0 Å². The van der Waals surface area contributed by atoms with Crippen LogP contribution < -0.4 is 0 Å². The average molecular weight is 170 g/mol. The Hall–Kier alpha value is -0.0400. The molecule has 1 saturated carbocycles. The van der Waals surface area contributed by atoms with E-state index in [-0.39, 0.29) is 0 Å². The summed E-state index contributed by atoms with van der Waals surface area (Å²) in [5.74, 6) is 1.99. The van der Waals surface area contributed by atoms with Crippen LogP contribution in [0.25, 0.3) is 0 Å². The molecule has 0 amide bonds. The van der Waals surface area contributed by atoms with Gasteiger partial charge >= 0.3 is 0 Å². The summed E-state index contributed by atoms with van der Waals surface area (Å²) in [5.41, 5.74) is 0. The second-order valence-corrected chi connectivity index (χ2v) is 4.90. The fraction of sp³-hybridized carbons (Fsp3) is 1.00. The highest BCUT2D eigenvalue weighted by Gasteiger charge is 2.55. The number of nitrogens with zero attached hydrogens (tertiary/aromatic N) is 1. The lowest BCUT2D eigenvalue weighted by molar-refractivity contribution is -0.902. The van der Waals surface area contributed by atoms with Gasteiger partial charge in [-0.25, -0.2) is 0 Å². The lowest BCUT2D eigenvalue weighted by atomic mass is 10.2. The molecule has 0 aromatic carbocycles. The first-order valence-corrected chi connectivity index (χ1v) is 5.37. The van der Waals surface area contributed by atoms with Gasteiger partial charge in [0.1, 0.15) is 0 Å². The highest BCUT2D eigenvalue weighted by molar-refractivity contribution is 4.95. The summed E-state index contributed by atoms with van der Waals surface area (Å²) in [4.78, 5) is 0. The van der Waals surface area contributed by atoms with Gasteiger partial charge in [-0.15, -0.1) is 0 Å². The van der Waals surface area contributed by atoms with Gasteiger partial charge in [-0.2, -0.15) is 0 Å². The zero-order valence-electron chi connectivity index (χ0n) is 9.30. The van der Waals surface area contributed by atoms with Crippen LogP contribution in [0, 0.1) is 11.8 Å². The minimum absolute atomic E-state index is 0.954. The Bertz CT molecular complexity index is 151. The predicted molar refractivity (Wildman–Crippen MR) is 54.0 cm³/mol. The Morgan fingerprint density at radius 1 is 1.17 bits per heavy atom. The van der Waals surface area contributed by atoms with Crippen molar-refractivity contribution in [3.8, 4) is 0 Å². The van der Waals surface area contributed by atoms with Crippen molar-refractivity contribution in [2.24, 2.45) is 11.8 Å². The molecule has 1 heteroatoms.